The fourth-order valence-electron chi connectivity index (χ4n) is 2.70. The van der Waals surface area contributed by atoms with E-state index in [1.807, 2.05) is 6.92 Å². The SMILES string of the molecule is CC1CCC(NC(=O)c2nn(C)cc2[N+](=O)[O-])(C(=O)O)CC1. The van der Waals surface area contributed by atoms with Crippen LogP contribution in [0.25, 0.3) is 0 Å². The molecule has 1 aromatic heterocycles. The maximum Gasteiger partial charge on any atom is 0.329 e. The summed E-state index contributed by atoms with van der Waals surface area (Å²) in [6.45, 7) is 2.02. The van der Waals surface area contributed by atoms with E-state index in [0.717, 1.165) is 10.9 Å². The number of nitro groups is 1. The number of aromatic nitrogens is 2. The van der Waals surface area contributed by atoms with Crippen LogP contribution in [0.1, 0.15) is 43.1 Å². The number of carboxylic acid groups (broad SMARTS) is 1. The highest BCUT2D eigenvalue weighted by atomic mass is 16.6. The summed E-state index contributed by atoms with van der Waals surface area (Å²) >= 11 is 0. The molecule has 1 heterocycles. The molecular formula is C13H18N4O5. The number of rotatable bonds is 4. The molecule has 1 aliphatic rings. The van der Waals surface area contributed by atoms with Crippen LogP contribution in [0, 0.1) is 16.0 Å². The molecule has 9 heteroatoms. The van der Waals surface area contributed by atoms with Crippen molar-refractivity contribution in [3.63, 3.8) is 0 Å². The molecule has 0 unspecified atom stereocenters. The van der Waals surface area contributed by atoms with Gasteiger partial charge >= 0.3 is 11.7 Å². The van der Waals surface area contributed by atoms with E-state index in [-0.39, 0.29) is 5.69 Å². The summed E-state index contributed by atoms with van der Waals surface area (Å²) in [5, 5.41) is 26.7. The first-order valence-corrected chi connectivity index (χ1v) is 6.99. The summed E-state index contributed by atoms with van der Waals surface area (Å²) in [6.07, 6.45) is 3.07. The molecule has 22 heavy (non-hydrogen) atoms. The lowest BCUT2D eigenvalue weighted by atomic mass is 9.77. The van der Waals surface area contributed by atoms with Crippen LogP contribution in [-0.4, -0.2) is 37.2 Å². The van der Waals surface area contributed by atoms with Crippen molar-refractivity contribution >= 4 is 17.6 Å². The molecule has 0 aliphatic heterocycles. The van der Waals surface area contributed by atoms with Crippen LogP contribution in [0.5, 0.6) is 0 Å². The molecule has 1 aliphatic carbocycles. The molecule has 0 aromatic carbocycles. The lowest BCUT2D eigenvalue weighted by molar-refractivity contribution is -0.385. The van der Waals surface area contributed by atoms with E-state index in [1.54, 1.807) is 0 Å². The number of hydrogen-bond donors (Lipinski definition) is 2. The number of aryl methyl sites for hydroxylation is 1. The van der Waals surface area contributed by atoms with Crippen molar-refractivity contribution in [1.29, 1.82) is 0 Å². The molecule has 1 aromatic rings. The quantitative estimate of drug-likeness (QED) is 0.633. The van der Waals surface area contributed by atoms with E-state index in [9.17, 15) is 24.8 Å². The summed E-state index contributed by atoms with van der Waals surface area (Å²) in [5.74, 6) is -1.55. The Morgan fingerprint density at radius 1 is 1.50 bits per heavy atom. The summed E-state index contributed by atoms with van der Waals surface area (Å²) in [4.78, 5) is 34.1. The zero-order valence-electron chi connectivity index (χ0n) is 12.4. The maximum atomic E-state index is 12.3. The Kier molecular flexibility index (Phi) is 4.16. The van der Waals surface area contributed by atoms with Gasteiger partial charge < -0.3 is 10.4 Å². The van der Waals surface area contributed by atoms with Crippen molar-refractivity contribution in [2.75, 3.05) is 0 Å². The third-order valence-electron chi connectivity index (χ3n) is 4.11. The minimum atomic E-state index is -1.38. The average molecular weight is 310 g/mol. The van der Waals surface area contributed by atoms with Crippen molar-refractivity contribution < 1.29 is 19.6 Å². The number of carbonyl (C=O) groups is 2. The van der Waals surface area contributed by atoms with Gasteiger partial charge in [0.25, 0.3) is 5.91 Å². The van der Waals surface area contributed by atoms with Gasteiger partial charge in [0.1, 0.15) is 11.7 Å². The minimum Gasteiger partial charge on any atom is -0.480 e. The Balaban J connectivity index is 2.26. The monoisotopic (exact) mass is 310 g/mol. The zero-order chi connectivity index (χ0) is 16.5. The number of nitrogens with one attached hydrogen (secondary N) is 1. The minimum absolute atomic E-state index is 0.301. The molecule has 2 N–H and O–H groups in total. The van der Waals surface area contributed by atoms with Crippen molar-refractivity contribution in [3.8, 4) is 0 Å². The number of nitrogens with zero attached hydrogens (tertiary/aromatic N) is 3. The largest absolute Gasteiger partial charge is 0.480 e. The molecule has 9 nitrogen and oxygen atoms in total. The second-order valence-electron chi connectivity index (χ2n) is 5.82. The molecule has 120 valence electrons. The topological polar surface area (TPSA) is 127 Å². The second-order valence-corrected chi connectivity index (χ2v) is 5.82. The van der Waals surface area contributed by atoms with Crippen LogP contribution in [0.3, 0.4) is 0 Å². The molecule has 0 radical (unpaired) electrons. The van der Waals surface area contributed by atoms with Crippen LogP contribution < -0.4 is 5.32 Å². The van der Waals surface area contributed by atoms with E-state index in [4.69, 9.17) is 0 Å². The molecule has 0 saturated heterocycles. The first-order chi connectivity index (χ1) is 10.2. The van der Waals surface area contributed by atoms with Gasteiger partial charge in [-0.05, 0) is 31.6 Å². The number of carbonyl (C=O) groups excluding carboxylic acids is 1. The zero-order valence-corrected chi connectivity index (χ0v) is 12.4. The van der Waals surface area contributed by atoms with E-state index in [0.29, 0.717) is 31.6 Å². The summed E-state index contributed by atoms with van der Waals surface area (Å²) in [6, 6.07) is 0. The Labute approximate surface area is 126 Å². The fraction of sp³-hybridized carbons (Fsp3) is 0.615. The maximum absolute atomic E-state index is 12.3. The standard InChI is InChI=1S/C13H18N4O5/c1-8-3-5-13(6-4-8,12(19)20)14-11(18)10-9(17(21)22)7-16(2)15-10/h7-8H,3-6H2,1-2H3,(H,14,18)(H,19,20). The van der Waals surface area contributed by atoms with Gasteiger partial charge in [-0.1, -0.05) is 6.92 Å². The molecule has 0 atom stereocenters. The van der Waals surface area contributed by atoms with Gasteiger partial charge in [0.2, 0.25) is 5.69 Å². The molecule has 1 amide bonds. The van der Waals surface area contributed by atoms with Crippen molar-refractivity contribution in [2.45, 2.75) is 38.1 Å². The van der Waals surface area contributed by atoms with E-state index < -0.39 is 28.0 Å². The van der Waals surface area contributed by atoms with Gasteiger partial charge in [-0.25, -0.2) is 4.79 Å². The predicted molar refractivity (Wildman–Crippen MR) is 75.3 cm³/mol. The van der Waals surface area contributed by atoms with Crippen LogP contribution in [0.2, 0.25) is 0 Å². The summed E-state index contributed by atoms with van der Waals surface area (Å²) in [5.41, 5.74) is -2.19. The number of carboxylic acids is 1. The van der Waals surface area contributed by atoms with E-state index in [1.165, 1.54) is 7.05 Å². The van der Waals surface area contributed by atoms with Crippen molar-refractivity contribution in [3.05, 3.63) is 22.0 Å². The number of hydrogen-bond acceptors (Lipinski definition) is 5. The van der Waals surface area contributed by atoms with Crippen LogP contribution in [-0.2, 0) is 11.8 Å². The molecule has 2 rings (SSSR count). The van der Waals surface area contributed by atoms with E-state index in [2.05, 4.69) is 10.4 Å². The Hall–Kier alpha value is -2.45. The lowest BCUT2D eigenvalue weighted by Crippen LogP contribution is -2.56. The van der Waals surface area contributed by atoms with Crippen molar-refractivity contribution in [1.82, 2.24) is 15.1 Å². The van der Waals surface area contributed by atoms with Crippen LogP contribution in [0.15, 0.2) is 6.20 Å². The summed E-state index contributed by atoms with van der Waals surface area (Å²) < 4.78 is 1.16. The van der Waals surface area contributed by atoms with Crippen LogP contribution >= 0.6 is 0 Å². The Bertz CT molecular complexity index is 616. The third-order valence-corrected chi connectivity index (χ3v) is 4.11. The second kappa shape index (κ2) is 5.74. The van der Waals surface area contributed by atoms with Crippen LogP contribution in [0.4, 0.5) is 5.69 Å². The van der Waals surface area contributed by atoms with Gasteiger partial charge in [-0.15, -0.1) is 0 Å². The molecule has 0 bridgehead atoms. The smallest absolute Gasteiger partial charge is 0.329 e. The highest BCUT2D eigenvalue weighted by molar-refractivity contribution is 5.99. The predicted octanol–water partition coefficient (Wildman–Crippen LogP) is 1.09. The highest BCUT2D eigenvalue weighted by Crippen LogP contribution is 2.32. The Morgan fingerprint density at radius 2 is 2.09 bits per heavy atom. The van der Waals surface area contributed by atoms with Gasteiger partial charge in [0.05, 0.1) is 4.92 Å². The number of amides is 1. The highest BCUT2D eigenvalue weighted by Gasteiger charge is 2.43. The fourth-order valence-corrected chi connectivity index (χ4v) is 2.70. The average Bonchev–Trinajstić information content (AvgIpc) is 2.84. The van der Waals surface area contributed by atoms with Gasteiger partial charge in [-0.2, -0.15) is 5.10 Å². The van der Waals surface area contributed by atoms with Gasteiger partial charge in [-0.3, -0.25) is 19.6 Å². The first kappa shape index (κ1) is 15.9. The van der Waals surface area contributed by atoms with E-state index >= 15 is 0 Å². The molecule has 1 fully saturated rings. The van der Waals surface area contributed by atoms with Gasteiger partial charge in [0, 0.05) is 7.05 Å². The van der Waals surface area contributed by atoms with Gasteiger partial charge in [0.15, 0.2) is 0 Å². The number of aliphatic carboxylic acids is 1. The lowest BCUT2D eigenvalue weighted by Gasteiger charge is -2.36. The third kappa shape index (κ3) is 2.92. The first-order valence-electron chi connectivity index (χ1n) is 6.99. The molecule has 1 saturated carbocycles. The summed E-state index contributed by atoms with van der Waals surface area (Å²) in [7, 11) is 1.46. The Morgan fingerprint density at radius 3 is 2.59 bits per heavy atom. The van der Waals surface area contributed by atoms with Crippen molar-refractivity contribution in [2.24, 2.45) is 13.0 Å². The normalized spacial score (nSPS) is 24.7. The molecular weight excluding hydrogens is 292 g/mol. The molecule has 0 spiro atoms.